The van der Waals surface area contributed by atoms with Crippen LogP contribution in [0.15, 0.2) is 41.4 Å². The molecular formula is C18H14N4O2S. The molecule has 0 amide bonds. The maximum atomic E-state index is 12.9. The molecule has 3 heterocycles. The van der Waals surface area contributed by atoms with Gasteiger partial charge in [0.15, 0.2) is 5.60 Å². The number of ketones is 1. The van der Waals surface area contributed by atoms with E-state index in [0.29, 0.717) is 30.1 Å². The summed E-state index contributed by atoms with van der Waals surface area (Å²) >= 11 is 1.17. The van der Waals surface area contributed by atoms with E-state index in [0.717, 1.165) is 22.3 Å². The van der Waals surface area contributed by atoms with Crippen LogP contribution in [-0.2, 0) is 0 Å². The second-order valence-electron chi connectivity index (χ2n) is 6.48. The van der Waals surface area contributed by atoms with Crippen LogP contribution in [-0.4, -0.2) is 37.6 Å². The molecule has 7 heteroatoms. The highest BCUT2D eigenvalue weighted by atomic mass is 32.1. The van der Waals surface area contributed by atoms with Gasteiger partial charge in [-0.25, -0.2) is 4.99 Å². The molecule has 1 aromatic heterocycles. The second kappa shape index (κ2) is 4.93. The number of anilines is 1. The number of benzene rings is 2. The van der Waals surface area contributed by atoms with Crippen molar-refractivity contribution in [1.82, 2.24) is 8.75 Å². The molecule has 2 aromatic carbocycles. The number of amidine groups is 1. The van der Waals surface area contributed by atoms with E-state index in [4.69, 9.17) is 0 Å². The monoisotopic (exact) mass is 350 g/mol. The Balaban J connectivity index is 1.67. The second-order valence-corrected chi connectivity index (χ2v) is 7.01. The fraction of sp³-hybridized carbons (Fsp3) is 0.222. The number of rotatable bonds is 1. The number of aliphatic imine (C=N–C) groups is 1. The molecule has 1 fully saturated rings. The minimum absolute atomic E-state index is 0.268. The summed E-state index contributed by atoms with van der Waals surface area (Å²) in [6.07, 6.45) is 0.325. The molecule has 1 atom stereocenters. The van der Waals surface area contributed by atoms with Crippen LogP contribution < -0.4 is 4.90 Å². The largest absolute Gasteiger partial charge is 0.374 e. The van der Waals surface area contributed by atoms with E-state index < -0.39 is 5.60 Å². The van der Waals surface area contributed by atoms with Gasteiger partial charge in [-0.1, -0.05) is 11.6 Å². The van der Waals surface area contributed by atoms with E-state index in [1.54, 1.807) is 6.07 Å². The molecule has 0 bridgehead atoms. The van der Waals surface area contributed by atoms with Crippen molar-refractivity contribution in [2.24, 2.45) is 4.99 Å². The van der Waals surface area contributed by atoms with Gasteiger partial charge in [0.2, 0.25) is 5.78 Å². The fourth-order valence-corrected chi connectivity index (χ4v) is 4.06. The summed E-state index contributed by atoms with van der Waals surface area (Å²) in [6.45, 7) is 2.45. The van der Waals surface area contributed by atoms with Crippen molar-refractivity contribution in [2.45, 2.75) is 18.9 Å². The Morgan fingerprint density at radius 3 is 2.88 bits per heavy atom. The molecule has 2 aliphatic rings. The van der Waals surface area contributed by atoms with Gasteiger partial charge < -0.3 is 10.0 Å². The van der Waals surface area contributed by atoms with Gasteiger partial charge in [0.25, 0.3) is 0 Å². The number of aromatic nitrogens is 2. The summed E-state index contributed by atoms with van der Waals surface area (Å²) in [5.41, 5.74) is 3.02. The molecule has 1 saturated heterocycles. The van der Waals surface area contributed by atoms with Gasteiger partial charge in [0.05, 0.1) is 17.4 Å². The summed E-state index contributed by atoms with van der Waals surface area (Å²) in [6, 6.07) is 11.3. The van der Waals surface area contributed by atoms with Crippen LogP contribution in [0.1, 0.15) is 22.3 Å². The first-order valence-corrected chi connectivity index (χ1v) is 8.76. The molecule has 0 radical (unpaired) electrons. The number of fused-ring (bicyclic) bond motifs is 3. The normalized spacial score (nSPS) is 22.1. The van der Waals surface area contributed by atoms with E-state index in [1.807, 2.05) is 42.2 Å². The maximum absolute atomic E-state index is 12.9. The highest BCUT2D eigenvalue weighted by Crippen LogP contribution is 2.40. The van der Waals surface area contributed by atoms with E-state index in [9.17, 15) is 9.90 Å². The van der Waals surface area contributed by atoms with Gasteiger partial charge in [-0.05, 0) is 37.3 Å². The predicted molar refractivity (Wildman–Crippen MR) is 96.9 cm³/mol. The zero-order valence-corrected chi connectivity index (χ0v) is 14.2. The zero-order valence-electron chi connectivity index (χ0n) is 13.4. The average Bonchev–Trinajstić information content (AvgIpc) is 3.20. The zero-order chi connectivity index (χ0) is 17.2. The Labute approximate surface area is 147 Å². The molecule has 0 aliphatic carbocycles. The fourth-order valence-electron chi connectivity index (χ4n) is 3.54. The molecule has 124 valence electrons. The van der Waals surface area contributed by atoms with Crippen LogP contribution in [0, 0.1) is 6.92 Å². The smallest absolute Gasteiger partial charge is 0.204 e. The van der Waals surface area contributed by atoms with Crippen LogP contribution in [0.5, 0.6) is 0 Å². The summed E-state index contributed by atoms with van der Waals surface area (Å²) in [7, 11) is 0. The molecule has 1 unspecified atom stereocenters. The summed E-state index contributed by atoms with van der Waals surface area (Å²) in [5.74, 6) is 0.131. The number of hydrogen-bond acceptors (Lipinski definition) is 7. The predicted octanol–water partition coefficient (Wildman–Crippen LogP) is 2.87. The summed E-state index contributed by atoms with van der Waals surface area (Å²) in [5, 5.41) is 11.1. The van der Waals surface area contributed by atoms with Crippen LogP contribution in [0.3, 0.4) is 0 Å². The van der Waals surface area contributed by atoms with E-state index in [1.165, 1.54) is 11.7 Å². The van der Waals surface area contributed by atoms with Gasteiger partial charge in [-0.15, -0.1) is 0 Å². The van der Waals surface area contributed by atoms with Gasteiger partial charge in [0.1, 0.15) is 16.9 Å². The number of Topliss-reactive ketones (excluding diaryl/α,β-unsaturated/α-hetero) is 1. The lowest BCUT2D eigenvalue weighted by molar-refractivity contribution is 0.0602. The number of aliphatic hydroxyl groups is 1. The average molecular weight is 350 g/mol. The van der Waals surface area contributed by atoms with Crippen molar-refractivity contribution < 1.29 is 9.90 Å². The van der Waals surface area contributed by atoms with Crippen LogP contribution in [0.2, 0.25) is 0 Å². The van der Waals surface area contributed by atoms with Crippen molar-refractivity contribution in [3.8, 4) is 0 Å². The van der Waals surface area contributed by atoms with E-state index in [-0.39, 0.29) is 5.78 Å². The number of hydrogen-bond donors (Lipinski definition) is 1. The van der Waals surface area contributed by atoms with Crippen LogP contribution in [0.25, 0.3) is 11.0 Å². The minimum atomic E-state index is -1.56. The van der Waals surface area contributed by atoms with Crippen LogP contribution in [0.4, 0.5) is 11.4 Å². The molecule has 2 aliphatic heterocycles. The first-order chi connectivity index (χ1) is 12.1. The number of aryl methyl sites for hydroxylation is 1. The van der Waals surface area contributed by atoms with E-state index in [2.05, 4.69) is 13.7 Å². The summed E-state index contributed by atoms with van der Waals surface area (Å²) in [4.78, 5) is 19.5. The third kappa shape index (κ3) is 1.99. The third-order valence-corrected chi connectivity index (χ3v) is 5.43. The first kappa shape index (κ1) is 14.7. The van der Waals surface area contributed by atoms with Crippen molar-refractivity contribution in [1.29, 1.82) is 0 Å². The maximum Gasteiger partial charge on any atom is 0.204 e. The van der Waals surface area contributed by atoms with Gasteiger partial charge in [-0.2, -0.15) is 8.75 Å². The molecule has 25 heavy (non-hydrogen) atoms. The van der Waals surface area contributed by atoms with Crippen molar-refractivity contribution in [3.05, 3.63) is 47.5 Å². The quantitative estimate of drug-likeness (QED) is 0.730. The Morgan fingerprint density at radius 2 is 2.00 bits per heavy atom. The van der Waals surface area contributed by atoms with E-state index >= 15 is 0 Å². The number of carbonyl (C=O) groups is 1. The SMILES string of the molecule is Cc1ccc2c(c1)C(=O)C1(O)CCN(c3ccc4nsnc4c3)C1=N2. The lowest BCUT2D eigenvalue weighted by atomic mass is 9.87. The Morgan fingerprint density at radius 1 is 1.16 bits per heavy atom. The Bertz CT molecular complexity index is 1070. The topological polar surface area (TPSA) is 78.7 Å². The Kier molecular flexibility index (Phi) is 2.90. The number of nitrogens with zero attached hydrogens (tertiary/aromatic N) is 4. The van der Waals surface area contributed by atoms with Crippen LogP contribution >= 0.6 is 11.7 Å². The highest BCUT2D eigenvalue weighted by Gasteiger charge is 2.52. The third-order valence-electron chi connectivity index (χ3n) is 4.87. The van der Waals surface area contributed by atoms with Crippen molar-refractivity contribution in [2.75, 3.05) is 11.4 Å². The first-order valence-electron chi connectivity index (χ1n) is 8.03. The van der Waals surface area contributed by atoms with Gasteiger partial charge in [0, 0.05) is 24.2 Å². The van der Waals surface area contributed by atoms with Crippen molar-refractivity contribution >= 4 is 45.8 Å². The van der Waals surface area contributed by atoms with Gasteiger partial charge >= 0.3 is 0 Å². The molecular weight excluding hydrogens is 336 g/mol. The number of carbonyl (C=O) groups excluding carboxylic acids is 1. The lowest BCUT2D eigenvalue weighted by Crippen LogP contribution is -2.48. The highest BCUT2D eigenvalue weighted by molar-refractivity contribution is 7.00. The standard InChI is InChI=1S/C18H14N4O2S/c1-10-2-4-13-12(8-10)16(23)18(24)6-7-22(17(18)19-13)11-3-5-14-15(9-11)21-25-20-14/h2-5,8-9,24H,6-7H2,1H3. The lowest BCUT2D eigenvalue weighted by Gasteiger charge is -2.29. The molecule has 5 rings (SSSR count). The minimum Gasteiger partial charge on any atom is -0.374 e. The molecule has 1 N–H and O–H groups in total. The molecule has 3 aromatic rings. The molecule has 6 nitrogen and oxygen atoms in total. The molecule has 0 spiro atoms. The summed E-state index contributed by atoms with van der Waals surface area (Å²) < 4.78 is 8.48. The Hall–Kier alpha value is -2.64. The molecule has 0 saturated carbocycles. The van der Waals surface area contributed by atoms with Crippen molar-refractivity contribution in [3.63, 3.8) is 0 Å². The van der Waals surface area contributed by atoms with Gasteiger partial charge in [-0.3, -0.25) is 4.79 Å².